The molecule has 2 N–H and O–H groups in total. The number of para-hydroxylation sites is 2. The molecule has 0 saturated heterocycles. The van der Waals surface area contributed by atoms with Crippen molar-refractivity contribution < 1.29 is 14.3 Å². The summed E-state index contributed by atoms with van der Waals surface area (Å²) in [5, 5.41) is 9.93. The number of amides is 1. The van der Waals surface area contributed by atoms with Crippen LogP contribution in [0.15, 0.2) is 54.9 Å². The van der Waals surface area contributed by atoms with Crippen LogP contribution in [0.4, 0.5) is 0 Å². The van der Waals surface area contributed by atoms with Crippen molar-refractivity contribution in [1.82, 2.24) is 25.1 Å². The first kappa shape index (κ1) is 18.5. The van der Waals surface area contributed by atoms with Crippen molar-refractivity contribution in [1.29, 1.82) is 0 Å². The lowest BCUT2D eigenvalue weighted by atomic mass is 10.1. The predicted octanol–water partition coefficient (Wildman–Crippen LogP) is 2.87. The summed E-state index contributed by atoms with van der Waals surface area (Å²) in [7, 11) is 3.16. The van der Waals surface area contributed by atoms with Gasteiger partial charge in [-0.25, -0.2) is 4.98 Å². The molecule has 148 valence electrons. The maximum atomic E-state index is 12.5. The van der Waals surface area contributed by atoms with Crippen LogP contribution >= 0.6 is 0 Å². The number of rotatable bonds is 7. The number of ether oxygens (including phenoxy) is 2. The monoisotopic (exact) mass is 391 g/mol. The number of H-pyrrole nitrogens is 1. The second-order valence-corrected chi connectivity index (χ2v) is 6.42. The van der Waals surface area contributed by atoms with Gasteiger partial charge in [-0.3, -0.25) is 9.89 Å². The molecule has 0 atom stereocenters. The number of aromatic nitrogens is 4. The van der Waals surface area contributed by atoms with E-state index in [0.717, 1.165) is 16.6 Å². The Labute approximate surface area is 167 Å². The standard InChI is InChI=1S/C21H21N5O3/c1-28-19-8-7-14(11-20(19)29-2)16-12-17(25-24-16)21(27)22-9-10-26-13-23-15-5-3-4-6-18(15)26/h3-8,11-13H,9-10H2,1-2H3,(H,22,27)(H,24,25). The van der Waals surface area contributed by atoms with E-state index in [1.165, 1.54) is 0 Å². The topological polar surface area (TPSA) is 94.1 Å². The Balaban J connectivity index is 1.41. The summed E-state index contributed by atoms with van der Waals surface area (Å²) in [6, 6.07) is 15.1. The molecule has 0 bridgehead atoms. The zero-order valence-corrected chi connectivity index (χ0v) is 16.2. The quantitative estimate of drug-likeness (QED) is 0.505. The Hall–Kier alpha value is -3.81. The summed E-state index contributed by atoms with van der Waals surface area (Å²) in [4.78, 5) is 16.8. The molecule has 0 aliphatic heterocycles. The van der Waals surface area contributed by atoms with E-state index >= 15 is 0 Å². The van der Waals surface area contributed by atoms with Gasteiger partial charge in [0.05, 0.1) is 37.3 Å². The van der Waals surface area contributed by atoms with Crippen LogP contribution in [0.3, 0.4) is 0 Å². The lowest BCUT2D eigenvalue weighted by Crippen LogP contribution is -2.27. The van der Waals surface area contributed by atoms with E-state index in [1.807, 2.05) is 41.0 Å². The average Bonchev–Trinajstić information content (AvgIpc) is 3.41. The second kappa shape index (κ2) is 8.05. The van der Waals surface area contributed by atoms with Crippen LogP contribution < -0.4 is 14.8 Å². The van der Waals surface area contributed by atoms with Gasteiger partial charge < -0.3 is 19.4 Å². The first-order chi connectivity index (χ1) is 14.2. The van der Waals surface area contributed by atoms with Crippen molar-refractivity contribution in [3.8, 4) is 22.8 Å². The number of benzene rings is 2. The number of nitrogens with zero attached hydrogens (tertiary/aromatic N) is 3. The smallest absolute Gasteiger partial charge is 0.269 e. The maximum absolute atomic E-state index is 12.5. The third kappa shape index (κ3) is 3.77. The number of nitrogens with one attached hydrogen (secondary N) is 2. The van der Waals surface area contributed by atoms with Gasteiger partial charge in [-0.05, 0) is 36.4 Å². The third-order valence-corrected chi connectivity index (χ3v) is 4.67. The van der Waals surface area contributed by atoms with E-state index in [0.29, 0.717) is 36.0 Å². The summed E-state index contributed by atoms with van der Waals surface area (Å²) in [6.07, 6.45) is 1.78. The number of aromatic amines is 1. The number of fused-ring (bicyclic) bond motifs is 1. The van der Waals surface area contributed by atoms with Gasteiger partial charge in [0.15, 0.2) is 11.5 Å². The molecule has 8 heteroatoms. The molecule has 4 rings (SSSR count). The van der Waals surface area contributed by atoms with E-state index < -0.39 is 0 Å². The van der Waals surface area contributed by atoms with Crippen molar-refractivity contribution in [2.75, 3.05) is 20.8 Å². The molecule has 2 aromatic heterocycles. The Morgan fingerprint density at radius 3 is 2.76 bits per heavy atom. The van der Waals surface area contributed by atoms with Crippen LogP contribution in [-0.2, 0) is 6.54 Å². The van der Waals surface area contributed by atoms with E-state index in [9.17, 15) is 4.79 Å². The molecule has 0 aliphatic rings. The highest BCUT2D eigenvalue weighted by molar-refractivity contribution is 5.93. The molecule has 1 amide bonds. The van der Waals surface area contributed by atoms with Gasteiger partial charge in [-0.15, -0.1) is 0 Å². The first-order valence-corrected chi connectivity index (χ1v) is 9.15. The third-order valence-electron chi connectivity index (χ3n) is 4.67. The minimum absolute atomic E-state index is 0.214. The first-order valence-electron chi connectivity index (χ1n) is 9.15. The molecule has 0 unspecified atom stereocenters. The number of imidazole rings is 1. The highest BCUT2D eigenvalue weighted by Gasteiger charge is 2.13. The molecule has 0 aliphatic carbocycles. The Kier molecular flexibility index (Phi) is 5.15. The van der Waals surface area contributed by atoms with E-state index in [2.05, 4.69) is 20.5 Å². The number of carbonyl (C=O) groups excluding carboxylic acids is 1. The van der Waals surface area contributed by atoms with Crippen LogP contribution in [-0.4, -0.2) is 46.4 Å². The number of methoxy groups -OCH3 is 2. The fraction of sp³-hybridized carbons (Fsp3) is 0.190. The van der Waals surface area contributed by atoms with E-state index in [1.54, 1.807) is 32.7 Å². The molecular formula is C21H21N5O3. The molecule has 4 aromatic rings. The molecular weight excluding hydrogens is 370 g/mol. The molecule has 2 aromatic carbocycles. The summed E-state index contributed by atoms with van der Waals surface area (Å²) < 4.78 is 12.6. The lowest BCUT2D eigenvalue weighted by molar-refractivity contribution is 0.0947. The van der Waals surface area contributed by atoms with Gasteiger partial charge in [-0.2, -0.15) is 5.10 Å². The Morgan fingerprint density at radius 2 is 1.93 bits per heavy atom. The Morgan fingerprint density at radius 1 is 1.10 bits per heavy atom. The molecule has 8 nitrogen and oxygen atoms in total. The van der Waals surface area contributed by atoms with Gasteiger partial charge in [0.1, 0.15) is 5.69 Å². The van der Waals surface area contributed by atoms with Crippen LogP contribution in [0.1, 0.15) is 10.5 Å². The summed E-state index contributed by atoms with van der Waals surface area (Å²) in [5.74, 6) is 1.02. The summed E-state index contributed by atoms with van der Waals surface area (Å²) >= 11 is 0. The highest BCUT2D eigenvalue weighted by Crippen LogP contribution is 2.31. The fourth-order valence-corrected chi connectivity index (χ4v) is 3.16. The second-order valence-electron chi connectivity index (χ2n) is 6.42. The zero-order valence-electron chi connectivity index (χ0n) is 16.2. The maximum Gasteiger partial charge on any atom is 0.269 e. The zero-order chi connectivity index (χ0) is 20.2. The summed E-state index contributed by atoms with van der Waals surface area (Å²) in [6.45, 7) is 1.10. The van der Waals surface area contributed by atoms with Gasteiger partial charge >= 0.3 is 0 Å². The number of hydrogen-bond donors (Lipinski definition) is 2. The largest absolute Gasteiger partial charge is 0.493 e. The van der Waals surface area contributed by atoms with Crippen LogP contribution in [0.2, 0.25) is 0 Å². The van der Waals surface area contributed by atoms with Crippen molar-refractivity contribution in [3.63, 3.8) is 0 Å². The van der Waals surface area contributed by atoms with Gasteiger partial charge in [0.2, 0.25) is 0 Å². The molecule has 0 radical (unpaired) electrons. The normalized spacial score (nSPS) is 10.8. The van der Waals surface area contributed by atoms with Crippen molar-refractivity contribution in [3.05, 3.63) is 60.6 Å². The average molecular weight is 391 g/mol. The highest BCUT2D eigenvalue weighted by atomic mass is 16.5. The predicted molar refractivity (Wildman–Crippen MR) is 109 cm³/mol. The number of carbonyl (C=O) groups is 1. The van der Waals surface area contributed by atoms with Crippen molar-refractivity contribution >= 4 is 16.9 Å². The molecule has 0 saturated carbocycles. The van der Waals surface area contributed by atoms with Crippen molar-refractivity contribution in [2.45, 2.75) is 6.54 Å². The van der Waals surface area contributed by atoms with Crippen LogP contribution in [0.5, 0.6) is 11.5 Å². The molecule has 29 heavy (non-hydrogen) atoms. The minimum atomic E-state index is -0.214. The van der Waals surface area contributed by atoms with E-state index in [4.69, 9.17) is 9.47 Å². The van der Waals surface area contributed by atoms with E-state index in [-0.39, 0.29) is 5.91 Å². The van der Waals surface area contributed by atoms with Crippen molar-refractivity contribution in [2.24, 2.45) is 0 Å². The molecule has 2 heterocycles. The van der Waals surface area contributed by atoms with Gasteiger partial charge in [-0.1, -0.05) is 12.1 Å². The molecule has 0 spiro atoms. The summed E-state index contributed by atoms with van der Waals surface area (Å²) in [5.41, 5.74) is 3.84. The minimum Gasteiger partial charge on any atom is -0.493 e. The number of hydrogen-bond acceptors (Lipinski definition) is 5. The molecule has 0 fully saturated rings. The van der Waals surface area contributed by atoms with Gasteiger partial charge in [0.25, 0.3) is 5.91 Å². The lowest BCUT2D eigenvalue weighted by Gasteiger charge is -2.08. The van der Waals surface area contributed by atoms with Gasteiger partial charge in [0, 0.05) is 18.7 Å². The Bertz CT molecular complexity index is 1150. The fourth-order valence-electron chi connectivity index (χ4n) is 3.16. The van der Waals surface area contributed by atoms with Crippen LogP contribution in [0, 0.1) is 0 Å². The SMILES string of the molecule is COc1ccc(-c2cc(C(=O)NCCn3cnc4ccccc43)[nH]n2)cc1OC. The van der Waals surface area contributed by atoms with Crippen LogP contribution in [0.25, 0.3) is 22.3 Å².